The number of fused-ring (bicyclic) bond motifs is 5. The number of rotatable bonds is 18. The van der Waals surface area contributed by atoms with Crippen molar-refractivity contribution in [1.29, 1.82) is 0 Å². The molecule has 1 aromatic carbocycles. The highest BCUT2D eigenvalue weighted by Gasteiger charge is 2.67. The summed E-state index contributed by atoms with van der Waals surface area (Å²) in [5, 5.41) is 0. The fourth-order valence-electron chi connectivity index (χ4n) is 12.7. The second-order valence-electron chi connectivity index (χ2n) is 18.6. The van der Waals surface area contributed by atoms with Crippen molar-refractivity contribution in [3.05, 3.63) is 41.5 Å². The van der Waals surface area contributed by atoms with Gasteiger partial charge in [0, 0.05) is 23.8 Å². The van der Waals surface area contributed by atoms with Gasteiger partial charge in [0.2, 0.25) is 0 Å². The van der Waals surface area contributed by atoms with Gasteiger partial charge in [0.1, 0.15) is 36.8 Å². The molecule has 0 heterocycles. The lowest BCUT2D eigenvalue weighted by Crippen LogP contribution is -2.63. The minimum absolute atomic E-state index is 0.0470. The molecule has 6 rings (SSSR count). The van der Waals surface area contributed by atoms with Crippen LogP contribution in [0.1, 0.15) is 124 Å². The minimum atomic E-state index is -0.369. The van der Waals surface area contributed by atoms with E-state index in [1.807, 2.05) is 19.1 Å². The molecule has 5 aliphatic carbocycles. The van der Waals surface area contributed by atoms with Crippen LogP contribution in [0.3, 0.4) is 0 Å². The second kappa shape index (κ2) is 19.4. The van der Waals surface area contributed by atoms with E-state index >= 15 is 0 Å². The lowest BCUT2D eigenvalue weighted by atomic mass is 9.43. The lowest BCUT2D eigenvalue weighted by Gasteiger charge is -2.64. The van der Waals surface area contributed by atoms with Gasteiger partial charge in [-0.15, -0.1) is 0 Å². The third kappa shape index (κ3) is 9.44. The highest BCUT2D eigenvalue weighted by atomic mass is 16.6. The van der Waals surface area contributed by atoms with Gasteiger partial charge in [0.15, 0.2) is 0 Å². The summed E-state index contributed by atoms with van der Waals surface area (Å²) in [5.41, 5.74) is 1.57. The average Bonchev–Trinajstić information content (AvgIpc) is 3.56. The Labute approximate surface area is 344 Å². The van der Waals surface area contributed by atoms with Gasteiger partial charge < -0.3 is 28.4 Å². The van der Waals surface area contributed by atoms with E-state index in [1.165, 1.54) is 11.6 Å². The number of carbonyl (C=O) groups is 5. The second-order valence-corrected chi connectivity index (χ2v) is 18.6. The summed E-state index contributed by atoms with van der Waals surface area (Å²) < 4.78 is 34.5. The summed E-state index contributed by atoms with van der Waals surface area (Å²) in [6.45, 7) is 12.9. The fraction of sp³-hybridized carbons (Fsp3) is 0.723. The van der Waals surface area contributed by atoms with Crippen LogP contribution in [0.5, 0.6) is 5.75 Å². The molecule has 0 saturated heterocycles. The monoisotopic (exact) mass is 806 g/mol. The fourth-order valence-corrected chi connectivity index (χ4v) is 12.7. The Kier molecular flexibility index (Phi) is 14.6. The summed E-state index contributed by atoms with van der Waals surface area (Å²) in [6.07, 6.45) is 12.4. The molecule has 0 unspecified atom stereocenters. The zero-order chi connectivity index (χ0) is 41.5. The maximum Gasteiger partial charge on any atom is 0.330 e. The van der Waals surface area contributed by atoms with Crippen LogP contribution in [-0.4, -0.2) is 69.0 Å². The zero-order valence-electron chi connectivity index (χ0n) is 35.3. The number of benzene rings is 1. The van der Waals surface area contributed by atoms with Crippen LogP contribution in [0.2, 0.25) is 0 Å². The molecule has 0 amide bonds. The first-order chi connectivity index (χ1) is 27.9. The smallest absolute Gasteiger partial charge is 0.330 e. The van der Waals surface area contributed by atoms with E-state index in [2.05, 4.69) is 32.9 Å². The van der Waals surface area contributed by atoms with E-state index in [9.17, 15) is 24.0 Å². The van der Waals surface area contributed by atoms with Crippen molar-refractivity contribution in [2.45, 2.75) is 149 Å². The molecular weight excluding hydrogens is 741 g/mol. The molecule has 11 heteroatoms. The predicted molar refractivity (Wildman–Crippen MR) is 215 cm³/mol. The Balaban J connectivity index is 1.06. The molecule has 0 aromatic heterocycles. The topological polar surface area (TPSA) is 141 Å². The van der Waals surface area contributed by atoms with Crippen LogP contribution in [-0.2, 0) is 54.1 Å². The highest BCUT2D eigenvalue weighted by molar-refractivity contribution is 5.82. The number of esters is 2. The SMILES string of the molecule is CCOC(=O)/C=C(\C)COc1ccc(C[C@@H]2CCCC[C@H]2OC(=O)CC[C@@H](C)[C@H]2CC[C@H]3[C@@H]4[C@H](OC=O)C[C@@H]5C[C@H](OC=O)CC[C@]5(C)[C@H]4C[C@H](OC=O)[C@]23C)cc1. The predicted octanol–water partition coefficient (Wildman–Crippen LogP) is 8.14. The molecule has 5 aliphatic rings. The Morgan fingerprint density at radius 3 is 2.33 bits per heavy atom. The standard InChI is InChI=1S/C47H66O11/c1-6-53-44(52)21-30(2)26-54-35-14-12-32(13-15-35)22-33-9-7-8-10-40(33)58-43(51)18-11-31(3)37-16-17-38-45-39(25-42(57-29-50)47(37,38)5)46(4)20-19-36(55-27-48)23-34(46)24-41(45)56-28-49/h12-15,21,27-29,31,33-34,36-42,45H,6-11,16-20,22-26H2,1-5H3/b30-21+/t31-,33+,34+,36-,37-,38+,39+,40-,41-,42+,45+,46+,47-/m1/s1. The van der Waals surface area contributed by atoms with Crippen LogP contribution in [0, 0.1) is 52.3 Å². The Bertz CT molecular complexity index is 1610. The molecular formula is C47H66O11. The molecule has 0 aliphatic heterocycles. The normalized spacial score (nSPS) is 36.1. The maximum absolute atomic E-state index is 13.5. The number of carbonyl (C=O) groups excluding carboxylic acids is 5. The van der Waals surface area contributed by atoms with Gasteiger partial charge in [-0.2, -0.15) is 0 Å². The van der Waals surface area contributed by atoms with Crippen molar-refractivity contribution >= 4 is 31.4 Å². The largest absolute Gasteiger partial charge is 0.489 e. The Morgan fingerprint density at radius 1 is 0.862 bits per heavy atom. The summed E-state index contributed by atoms with van der Waals surface area (Å²) in [7, 11) is 0. The first kappa shape index (κ1) is 43.7. The highest BCUT2D eigenvalue weighted by Crippen LogP contribution is 2.69. The van der Waals surface area contributed by atoms with Gasteiger partial charge in [-0.25, -0.2) is 4.79 Å². The van der Waals surface area contributed by atoms with Crippen molar-refractivity contribution in [2.75, 3.05) is 13.2 Å². The molecule has 0 spiro atoms. The number of hydrogen-bond acceptors (Lipinski definition) is 11. The van der Waals surface area contributed by atoms with Gasteiger partial charge >= 0.3 is 11.9 Å². The van der Waals surface area contributed by atoms with Gasteiger partial charge in [-0.05, 0) is 155 Å². The van der Waals surface area contributed by atoms with E-state index < -0.39 is 0 Å². The first-order valence-corrected chi connectivity index (χ1v) is 22.0. The molecule has 5 fully saturated rings. The summed E-state index contributed by atoms with van der Waals surface area (Å²) >= 11 is 0. The first-order valence-electron chi connectivity index (χ1n) is 22.0. The van der Waals surface area contributed by atoms with Crippen molar-refractivity contribution in [3.8, 4) is 5.75 Å². The van der Waals surface area contributed by atoms with Crippen molar-refractivity contribution in [3.63, 3.8) is 0 Å². The molecule has 320 valence electrons. The average molecular weight is 807 g/mol. The lowest BCUT2D eigenvalue weighted by molar-refractivity contribution is -0.218. The molecule has 0 radical (unpaired) electrons. The van der Waals surface area contributed by atoms with Gasteiger partial charge in [-0.1, -0.05) is 39.3 Å². The van der Waals surface area contributed by atoms with E-state index in [0.29, 0.717) is 51.9 Å². The van der Waals surface area contributed by atoms with Crippen molar-refractivity contribution in [2.24, 2.45) is 52.3 Å². The van der Waals surface area contributed by atoms with E-state index in [0.717, 1.165) is 82.0 Å². The van der Waals surface area contributed by atoms with Crippen LogP contribution < -0.4 is 4.74 Å². The Hall–Kier alpha value is -3.89. The molecule has 0 bridgehead atoms. The molecule has 11 nitrogen and oxygen atoms in total. The van der Waals surface area contributed by atoms with Crippen LogP contribution in [0.4, 0.5) is 0 Å². The van der Waals surface area contributed by atoms with Crippen LogP contribution in [0.15, 0.2) is 35.9 Å². The van der Waals surface area contributed by atoms with Crippen molar-refractivity contribution < 1.29 is 52.4 Å². The quantitative estimate of drug-likeness (QED) is 0.0615. The molecule has 13 atom stereocenters. The maximum atomic E-state index is 13.5. The van der Waals surface area contributed by atoms with Gasteiger partial charge in [0.05, 0.1) is 6.61 Å². The summed E-state index contributed by atoms with van der Waals surface area (Å²) in [4.78, 5) is 60.5. The summed E-state index contributed by atoms with van der Waals surface area (Å²) in [6, 6.07) is 8.02. The van der Waals surface area contributed by atoms with E-state index in [-0.39, 0.29) is 88.6 Å². The molecule has 58 heavy (non-hydrogen) atoms. The zero-order valence-corrected chi connectivity index (χ0v) is 35.3. The van der Waals surface area contributed by atoms with Gasteiger partial charge in [-0.3, -0.25) is 19.2 Å². The van der Waals surface area contributed by atoms with Gasteiger partial charge in [0.25, 0.3) is 19.4 Å². The molecule has 5 saturated carbocycles. The Morgan fingerprint density at radius 2 is 1.60 bits per heavy atom. The van der Waals surface area contributed by atoms with E-state index in [4.69, 9.17) is 28.4 Å². The minimum Gasteiger partial charge on any atom is -0.489 e. The number of hydrogen-bond donors (Lipinski definition) is 0. The van der Waals surface area contributed by atoms with E-state index in [1.54, 1.807) is 6.92 Å². The third-order valence-electron chi connectivity index (χ3n) is 15.6. The van der Waals surface area contributed by atoms with Crippen LogP contribution in [0.25, 0.3) is 0 Å². The number of ether oxygens (including phenoxy) is 6. The third-order valence-corrected chi connectivity index (χ3v) is 15.6. The molecule has 0 N–H and O–H groups in total. The van der Waals surface area contributed by atoms with Crippen LogP contribution >= 0.6 is 0 Å². The summed E-state index contributed by atoms with van der Waals surface area (Å²) in [5.74, 6) is 1.64. The molecule has 1 aromatic rings. The van der Waals surface area contributed by atoms with Crippen molar-refractivity contribution in [1.82, 2.24) is 0 Å².